The van der Waals surface area contributed by atoms with E-state index in [-0.39, 0.29) is 19.8 Å². The summed E-state index contributed by atoms with van der Waals surface area (Å²) in [6.45, 7) is 6.90. The van der Waals surface area contributed by atoms with Crippen molar-refractivity contribution < 1.29 is 28.6 Å². The number of carbonyl (C=O) groups excluding carboxylic acids is 3. The molecule has 0 aliphatic rings. The van der Waals surface area contributed by atoms with Crippen molar-refractivity contribution in [2.24, 2.45) is 0 Å². The van der Waals surface area contributed by atoms with E-state index in [1.807, 2.05) is 18.2 Å². The number of hydrogen-bond acceptors (Lipinski definition) is 12. The van der Waals surface area contributed by atoms with E-state index >= 15 is 0 Å². The Hall–Kier alpha value is -4.11. The van der Waals surface area contributed by atoms with Gasteiger partial charge in [-0.1, -0.05) is 194 Å². The smallest absolute Gasteiger partial charge is 0.331 e. The summed E-state index contributed by atoms with van der Waals surface area (Å²) in [5.74, 6) is -8.96. The third-order valence-electron chi connectivity index (χ3n) is 10.8. The third-order valence-corrected chi connectivity index (χ3v) is 10.8. The van der Waals surface area contributed by atoms with Crippen LogP contribution in [-0.2, 0) is 28.6 Å². The number of hydrogen-bond donors (Lipinski definition) is 0. The molecule has 0 aliphatic heterocycles. The van der Waals surface area contributed by atoms with Crippen molar-refractivity contribution in [2.75, 3.05) is 19.8 Å². The van der Waals surface area contributed by atoms with Crippen LogP contribution in [0.1, 0.15) is 249 Å². The van der Waals surface area contributed by atoms with Crippen LogP contribution in [-0.4, -0.2) is 52.7 Å². The number of nitrogens with zero attached hydrogens (tertiary/aromatic N) is 6. The van der Waals surface area contributed by atoms with Crippen LogP contribution in [0.3, 0.4) is 0 Å². The molecular formula is C48H78N6O6. The van der Waals surface area contributed by atoms with E-state index in [9.17, 15) is 30.2 Å². The molecule has 0 aliphatic carbocycles. The van der Waals surface area contributed by atoms with Crippen LogP contribution in [0.2, 0.25) is 0 Å². The van der Waals surface area contributed by atoms with Crippen LogP contribution in [0, 0.1) is 34.0 Å². The first kappa shape index (κ1) is 53.9. The van der Waals surface area contributed by atoms with E-state index in [1.54, 1.807) is 0 Å². The van der Waals surface area contributed by atoms with E-state index in [4.69, 9.17) is 14.2 Å². The topological polar surface area (TPSA) is 189 Å². The number of unbranched alkanes of at least 4 members (excludes halogenated alkanes) is 27. The van der Waals surface area contributed by atoms with Crippen molar-refractivity contribution in [1.29, 1.82) is 15.8 Å². The van der Waals surface area contributed by atoms with E-state index in [0.29, 0.717) is 19.3 Å². The first-order chi connectivity index (χ1) is 29.4. The van der Waals surface area contributed by atoms with Crippen molar-refractivity contribution in [2.45, 2.75) is 231 Å². The molecule has 0 N–H and O–H groups in total. The maximum atomic E-state index is 13.2. The van der Waals surface area contributed by atoms with Gasteiger partial charge in [0.1, 0.15) is 0 Å². The second kappa shape index (κ2) is 37.9. The van der Waals surface area contributed by atoms with E-state index in [0.717, 1.165) is 57.8 Å². The molecule has 0 spiro atoms. The molecule has 0 saturated heterocycles. The van der Waals surface area contributed by atoms with Gasteiger partial charge in [0.05, 0.1) is 38.0 Å². The maximum absolute atomic E-state index is 13.2. The molecule has 1 aromatic rings. The summed E-state index contributed by atoms with van der Waals surface area (Å²) in [6.07, 6.45) is 33.2. The molecule has 0 fully saturated rings. The van der Waals surface area contributed by atoms with Crippen molar-refractivity contribution in [1.82, 2.24) is 15.0 Å². The highest BCUT2D eigenvalue weighted by molar-refractivity contribution is 5.82. The first-order valence-electron chi connectivity index (χ1n) is 23.8. The minimum atomic E-state index is -1.65. The van der Waals surface area contributed by atoms with Crippen LogP contribution in [0.5, 0.6) is 0 Å². The van der Waals surface area contributed by atoms with E-state index < -0.39 is 53.1 Å². The second-order valence-corrected chi connectivity index (χ2v) is 16.1. The van der Waals surface area contributed by atoms with Gasteiger partial charge in [-0.25, -0.2) is 15.0 Å². The Morgan fingerprint density at radius 2 is 0.550 bits per heavy atom. The van der Waals surface area contributed by atoms with Gasteiger partial charge >= 0.3 is 17.9 Å². The lowest BCUT2D eigenvalue weighted by Crippen LogP contribution is -2.26. The summed E-state index contributed by atoms with van der Waals surface area (Å²) in [5.41, 5.74) is 0. The number of ether oxygens (including phenoxy) is 3. The normalized spacial score (nSPS) is 12.4. The third kappa shape index (κ3) is 25.5. The van der Waals surface area contributed by atoms with Crippen molar-refractivity contribution in [3.8, 4) is 18.2 Å². The Bertz CT molecular complexity index is 1240. The summed E-state index contributed by atoms with van der Waals surface area (Å²) in [4.78, 5) is 52.2. The highest BCUT2D eigenvalue weighted by atomic mass is 16.5. The predicted molar refractivity (Wildman–Crippen MR) is 233 cm³/mol. The largest absolute Gasteiger partial charge is 0.464 e. The molecule has 336 valence electrons. The maximum Gasteiger partial charge on any atom is 0.331 e. The van der Waals surface area contributed by atoms with E-state index in [2.05, 4.69) is 35.7 Å². The first-order valence-corrected chi connectivity index (χ1v) is 23.8. The molecule has 0 aromatic carbocycles. The van der Waals surface area contributed by atoms with Gasteiger partial charge in [0.15, 0.2) is 17.5 Å². The second-order valence-electron chi connectivity index (χ2n) is 16.1. The molecular weight excluding hydrogens is 757 g/mol. The van der Waals surface area contributed by atoms with Crippen molar-refractivity contribution in [3.05, 3.63) is 17.5 Å². The molecule has 12 nitrogen and oxygen atoms in total. The molecule has 0 radical (unpaired) electrons. The minimum absolute atomic E-state index is 0.0938. The molecule has 1 aromatic heterocycles. The van der Waals surface area contributed by atoms with Gasteiger partial charge in [-0.05, 0) is 19.3 Å². The lowest BCUT2D eigenvalue weighted by molar-refractivity contribution is -0.145. The number of rotatable bonds is 39. The summed E-state index contributed by atoms with van der Waals surface area (Å²) in [7, 11) is 0. The van der Waals surface area contributed by atoms with E-state index in [1.165, 1.54) is 116 Å². The lowest BCUT2D eigenvalue weighted by Gasteiger charge is -2.15. The zero-order chi connectivity index (χ0) is 43.9. The molecule has 12 heteroatoms. The summed E-state index contributed by atoms with van der Waals surface area (Å²) >= 11 is 0. The number of esters is 3. The molecule has 0 saturated carbocycles. The fourth-order valence-electron chi connectivity index (χ4n) is 7.00. The monoisotopic (exact) mass is 835 g/mol. The Balaban J connectivity index is 2.96. The van der Waals surface area contributed by atoms with Gasteiger partial charge in [0.2, 0.25) is 17.8 Å². The SMILES string of the molecule is CCCCCCCCCCCCOC(=O)C(C#N)c1nc(C(C#N)C(=O)OCCCCCCCCCCCC)nc(C(C#N)C(=O)OCCCCCCCCCCCC)n1. The Labute approximate surface area is 363 Å². The Morgan fingerprint density at radius 1 is 0.367 bits per heavy atom. The fourth-order valence-corrected chi connectivity index (χ4v) is 7.00. The lowest BCUT2D eigenvalue weighted by atomic mass is 10.1. The standard InChI is InChI=1S/C48H78N6O6/c1-4-7-10-13-16-19-22-25-28-31-34-58-46(55)40(37-49)43-52-44(41(38-50)47(56)59-35-32-29-26-23-20-17-14-11-8-5-2)54-45(53-43)42(39-51)48(57)60-36-33-30-27-24-21-18-15-12-9-6-3/h40-42H,4-36H2,1-3H3. The number of nitriles is 3. The average Bonchev–Trinajstić information content (AvgIpc) is 3.24. The van der Waals surface area contributed by atoms with Gasteiger partial charge in [-0.2, -0.15) is 15.8 Å². The quantitative estimate of drug-likeness (QED) is 0.0347. The van der Waals surface area contributed by atoms with Gasteiger partial charge < -0.3 is 14.2 Å². The van der Waals surface area contributed by atoms with Gasteiger partial charge in [-0.3, -0.25) is 14.4 Å². The van der Waals surface area contributed by atoms with Crippen LogP contribution in [0.4, 0.5) is 0 Å². The molecule has 0 amide bonds. The predicted octanol–water partition coefficient (Wildman–Crippen LogP) is 12.1. The summed E-state index contributed by atoms with van der Waals surface area (Å²) in [6, 6.07) is 5.58. The van der Waals surface area contributed by atoms with Crippen LogP contribution in [0.15, 0.2) is 0 Å². The minimum Gasteiger partial charge on any atom is -0.464 e. The summed E-state index contributed by atoms with van der Waals surface area (Å²) in [5, 5.41) is 30.3. The fraction of sp³-hybridized carbons (Fsp3) is 0.812. The zero-order valence-corrected chi connectivity index (χ0v) is 37.7. The van der Waals surface area contributed by atoms with Crippen LogP contribution >= 0.6 is 0 Å². The molecule has 60 heavy (non-hydrogen) atoms. The van der Waals surface area contributed by atoms with Crippen LogP contribution in [0.25, 0.3) is 0 Å². The van der Waals surface area contributed by atoms with Gasteiger partial charge in [0.25, 0.3) is 0 Å². The Kier molecular flexibility index (Phi) is 34.0. The average molecular weight is 835 g/mol. The number of carbonyl (C=O) groups is 3. The van der Waals surface area contributed by atoms with Gasteiger partial charge in [0, 0.05) is 0 Å². The highest BCUT2D eigenvalue weighted by Gasteiger charge is 2.34. The van der Waals surface area contributed by atoms with Gasteiger partial charge in [-0.15, -0.1) is 0 Å². The summed E-state index contributed by atoms with van der Waals surface area (Å²) < 4.78 is 16.3. The van der Waals surface area contributed by atoms with Crippen molar-refractivity contribution in [3.63, 3.8) is 0 Å². The molecule has 0 unspecified atom stereocenters. The Morgan fingerprint density at radius 3 is 0.733 bits per heavy atom. The molecule has 1 rings (SSSR count). The molecule has 0 bridgehead atoms. The molecule has 0 atom stereocenters. The zero-order valence-electron chi connectivity index (χ0n) is 37.7. The van der Waals surface area contributed by atoms with Crippen molar-refractivity contribution >= 4 is 17.9 Å². The number of aromatic nitrogens is 3. The van der Waals surface area contributed by atoms with Crippen LogP contribution < -0.4 is 0 Å². The highest BCUT2D eigenvalue weighted by Crippen LogP contribution is 2.23. The molecule has 1 heterocycles.